The summed E-state index contributed by atoms with van der Waals surface area (Å²) < 4.78 is 11.0. The minimum absolute atomic E-state index is 0.357. The molecule has 0 atom stereocenters. The van der Waals surface area contributed by atoms with E-state index in [2.05, 4.69) is 23.6 Å². The van der Waals surface area contributed by atoms with Crippen LogP contribution in [0.3, 0.4) is 0 Å². The first-order chi connectivity index (χ1) is 9.81. The van der Waals surface area contributed by atoms with E-state index in [1.165, 1.54) is 0 Å². The van der Waals surface area contributed by atoms with Gasteiger partial charge in [0.25, 0.3) is 0 Å². The lowest BCUT2D eigenvalue weighted by molar-refractivity contribution is 0.0657. The van der Waals surface area contributed by atoms with Gasteiger partial charge < -0.3 is 14.8 Å². The van der Waals surface area contributed by atoms with Crippen LogP contribution in [0.15, 0.2) is 40.4 Å². The summed E-state index contributed by atoms with van der Waals surface area (Å²) >= 11 is 1.62. The highest BCUT2D eigenvalue weighted by Gasteiger charge is 2.13. The molecular formula is C15H24N2O2S. The number of aliphatic imine (C=N–C) groups is 1. The Hall–Kier alpha value is -0.880. The van der Waals surface area contributed by atoms with Crippen LogP contribution in [0.25, 0.3) is 0 Å². The zero-order valence-corrected chi connectivity index (χ0v) is 13.0. The second kappa shape index (κ2) is 10.9. The molecular weight excluding hydrogens is 272 g/mol. The molecule has 1 saturated heterocycles. The lowest BCUT2D eigenvalue weighted by Gasteiger charge is -2.22. The number of methoxy groups -OCH3 is 1. The van der Waals surface area contributed by atoms with E-state index in [4.69, 9.17) is 9.47 Å². The van der Waals surface area contributed by atoms with Crippen molar-refractivity contribution >= 4 is 18.5 Å². The fraction of sp³-hybridized carbons (Fsp3) is 0.533. The van der Waals surface area contributed by atoms with E-state index in [-0.39, 0.29) is 0 Å². The van der Waals surface area contributed by atoms with E-state index < -0.39 is 0 Å². The minimum Gasteiger partial charge on any atom is -0.378 e. The summed E-state index contributed by atoms with van der Waals surface area (Å²) in [5.41, 5.74) is 0.824. The number of hydrogen-bond donors (Lipinski definition) is 1. The van der Waals surface area contributed by atoms with Gasteiger partial charge in [-0.25, -0.2) is 0 Å². The molecule has 112 valence electrons. The maximum Gasteiger partial charge on any atom is 0.0971 e. The van der Waals surface area contributed by atoms with Gasteiger partial charge in [-0.05, 0) is 38.7 Å². The summed E-state index contributed by atoms with van der Waals surface area (Å²) in [6.07, 6.45) is 8.09. The number of hydrogen-bond acceptors (Lipinski definition) is 5. The molecule has 1 rings (SSSR count). The molecule has 20 heavy (non-hydrogen) atoms. The Morgan fingerprint density at radius 2 is 2.20 bits per heavy atom. The molecule has 0 spiro atoms. The molecule has 0 radical (unpaired) electrons. The summed E-state index contributed by atoms with van der Waals surface area (Å²) in [6.45, 7) is 9.80. The summed E-state index contributed by atoms with van der Waals surface area (Å²) in [7, 11) is 1.65. The van der Waals surface area contributed by atoms with Crippen molar-refractivity contribution in [1.29, 1.82) is 0 Å². The van der Waals surface area contributed by atoms with E-state index in [1.807, 2.05) is 12.2 Å². The third kappa shape index (κ3) is 6.52. The van der Waals surface area contributed by atoms with Crippen molar-refractivity contribution in [3.63, 3.8) is 0 Å². The highest BCUT2D eigenvalue weighted by molar-refractivity contribution is 8.03. The molecule has 0 aliphatic carbocycles. The first kappa shape index (κ1) is 17.2. The Morgan fingerprint density at radius 1 is 1.45 bits per heavy atom. The van der Waals surface area contributed by atoms with Gasteiger partial charge in [0, 0.05) is 12.0 Å². The smallest absolute Gasteiger partial charge is 0.0971 e. The highest BCUT2D eigenvalue weighted by atomic mass is 32.2. The first-order valence-electron chi connectivity index (χ1n) is 6.74. The number of allylic oxidation sites excluding steroid dienone is 3. The SMILES string of the molecule is C=C/C=C\C(SCOC1CCNCC1)=C(/COC)N=C. The lowest BCUT2D eigenvalue weighted by atomic mass is 10.1. The van der Waals surface area contributed by atoms with Crippen LogP contribution in [0.4, 0.5) is 0 Å². The van der Waals surface area contributed by atoms with Crippen molar-refractivity contribution < 1.29 is 9.47 Å². The number of ether oxygens (including phenoxy) is 2. The van der Waals surface area contributed by atoms with Gasteiger partial charge in [-0.3, -0.25) is 4.99 Å². The van der Waals surface area contributed by atoms with Crippen LogP contribution in [0.2, 0.25) is 0 Å². The number of thioether (sulfide) groups is 1. The molecule has 0 aromatic heterocycles. The van der Waals surface area contributed by atoms with Gasteiger partial charge in [0.2, 0.25) is 0 Å². The molecule has 1 aliphatic heterocycles. The van der Waals surface area contributed by atoms with Gasteiger partial charge in [0.05, 0.1) is 24.3 Å². The van der Waals surface area contributed by atoms with E-state index in [1.54, 1.807) is 24.9 Å². The fourth-order valence-electron chi connectivity index (χ4n) is 1.87. The Kier molecular flexibility index (Phi) is 9.32. The number of rotatable bonds is 9. The van der Waals surface area contributed by atoms with Gasteiger partial charge in [0.15, 0.2) is 0 Å². The van der Waals surface area contributed by atoms with Crippen LogP contribution in [0.1, 0.15) is 12.8 Å². The molecule has 1 heterocycles. The Balaban J connectivity index is 2.53. The van der Waals surface area contributed by atoms with Gasteiger partial charge in [-0.2, -0.15) is 0 Å². The van der Waals surface area contributed by atoms with Crippen molar-refractivity contribution in [3.05, 3.63) is 35.4 Å². The number of nitrogens with one attached hydrogen (secondary N) is 1. The Bertz CT molecular complexity index is 361. The van der Waals surface area contributed by atoms with Gasteiger partial charge in [0.1, 0.15) is 0 Å². The Morgan fingerprint density at radius 3 is 2.80 bits per heavy atom. The van der Waals surface area contributed by atoms with Crippen LogP contribution in [-0.4, -0.2) is 45.6 Å². The summed E-state index contributed by atoms with van der Waals surface area (Å²) in [5.74, 6) is 0.615. The van der Waals surface area contributed by atoms with Crippen LogP contribution >= 0.6 is 11.8 Å². The quantitative estimate of drug-likeness (QED) is 0.404. The molecule has 0 aromatic rings. The summed E-state index contributed by atoms with van der Waals surface area (Å²) in [6, 6.07) is 0. The molecule has 0 bridgehead atoms. The molecule has 0 unspecified atom stereocenters. The fourth-order valence-corrected chi connectivity index (χ4v) is 2.72. The molecule has 0 saturated carbocycles. The third-order valence-corrected chi connectivity index (χ3v) is 3.88. The van der Waals surface area contributed by atoms with Crippen LogP contribution in [0, 0.1) is 0 Å². The first-order valence-corrected chi connectivity index (χ1v) is 7.73. The van der Waals surface area contributed by atoms with Gasteiger partial charge in [-0.1, -0.05) is 30.5 Å². The zero-order chi connectivity index (χ0) is 14.6. The van der Waals surface area contributed by atoms with Gasteiger partial charge in [-0.15, -0.1) is 0 Å². The average Bonchev–Trinajstić information content (AvgIpc) is 2.49. The maximum absolute atomic E-state index is 5.89. The molecule has 1 aliphatic rings. The highest BCUT2D eigenvalue weighted by Crippen LogP contribution is 2.24. The second-order valence-corrected chi connectivity index (χ2v) is 5.34. The molecule has 5 heteroatoms. The van der Waals surface area contributed by atoms with Crippen LogP contribution in [0.5, 0.6) is 0 Å². The van der Waals surface area contributed by atoms with Crippen molar-refractivity contribution in [3.8, 4) is 0 Å². The molecule has 1 N–H and O–H groups in total. The normalized spacial score (nSPS) is 18.1. The number of nitrogens with zero attached hydrogens (tertiary/aromatic N) is 1. The predicted octanol–water partition coefficient (Wildman–Crippen LogP) is 2.75. The zero-order valence-electron chi connectivity index (χ0n) is 12.1. The summed E-state index contributed by atoms with van der Waals surface area (Å²) in [4.78, 5) is 5.04. The average molecular weight is 296 g/mol. The molecule has 1 fully saturated rings. The molecule has 0 amide bonds. The second-order valence-electron chi connectivity index (χ2n) is 4.38. The molecule has 0 aromatic carbocycles. The molecule has 4 nitrogen and oxygen atoms in total. The van der Waals surface area contributed by atoms with E-state index >= 15 is 0 Å². The minimum atomic E-state index is 0.357. The largest absolute Gasteiger partial charge is 0.378 e. The van der Waals surface area contributed by atoms with Crippen molar-refractivity contribution in [2.24, 2.45) is 4.99 Å². The topological polar surface area (TPSA) is 42.8 Å². The lowest BCUT2D eigenvalue weighted by Crippen LogP contribution is -2.32. The summed E-state index contributed by atoms with van der Waals surface area (Å²) in [5, 5.41) is 3.33. The van der Waals surface area contributed by atoms with E-state index in [0.29, 0.717) is 18.6 Å². The standard InChI is InChI=1S/C15H24N2O2S/c1-4-5-6-15(14(16-2)11-18-3)20-12-19-13-7-9-17-10-8-13/h4-6,13,17H,1-2,7-12H2,3H3/b6-5-,15-14-. The van der Waals surface area contributed by atoms with Crippen molar-refractivity contribution in [1.82, 2.24) is 5.32 Å². The van der Waals surface area contributed by atoms with Crippen molar-refractivity contribution in [2.75, 3.05) is 32.7 Å². The van der Waals surface area contributed by atoms with Crippen molar-refractivity contribution in [2.45, 2.75) is 18.9 Å². The van der Waals surface area contributed by atoms with Gasteiger partial charge >= 0.3 is 0 Å². The van der Waals surface area contributed by atoms with E-state index in [0.717, 1.165) is 36.5 Å². The van der Waals surface area contributed by atoms with Crippen LogP contribution in [-0.2, 0) is 9.47 Å². The monoisotopic (exact) mass is 296 g/mol. The predicted molar refractivity (Wildman–Crippen MR) is 87.2 cm³/mol. The van der Waals surface area contributed by atoms with Crippen LogP contribution < -0.4 is 5.32 Å². The van der Waals surface area contributed by atoms with E-state index in [9.17, 15) is 0 Å². The number of piperidine rings is 1. The Labute approximate surface area is 126 Å². The maximum atomic E-state index is 5.89. The third-order valence-electron chi connectivity index (χ3n) is 2.94.